The second kappa shape index (κ2) is 5.84. The molecule has 128 valence electrons. The molecule has 2 aliphatic rings. The van der Waals surface area contributed by atoms with E-state index in [9.17, 15) is 9.18 Å². The van der Waals surface area contributed by atoms with E-state index < -0.39 is 0 Å². The van der Waals surface area contributed by atoms with Gasteiger partial charge in [0.25, 0.3) is 5.91 Å². The summed E-state index contributed by atoms with van der Waals surface area (Å²) in [5, 5.41) is 11.7. The van der Waals surface area contributed by atoms with Crippen LogP contribution in [0.3, 0.4) is 0 Å². The summed E-state index contributed by atoms with van der Waals surface area (Å²) in [7, 11) is 0. The van der Waals surface area contributed by atoms with Gasteiger partial charge in [0, 0.05) is 29.6 Å². The molecular formula is C18H23FN4O. The Kier molecular flexibility index (Phi) is 3.79. The molecule has 2 fully saturated rings. The number of fused-ring (bicyclic) bond motifs is 3. The van der Waals surface area contributed by atoms with E-state index in [0.29, 0.717) is 23.2 Å². The van der Waals surface area contributed by atoms with Crippen LogP contribution in [0, 0.1) is 5.82 Å². The summed E-state index contributed by atoms with van der Waals surface area (Å²) in [6.45, 7) is 4.00. The van der Waals surface area contributed by atoms with Crippen LogP contribution in [0.2, 0.25) is 0 Å². The van der Waals surface area contributed by atoms with Crippen LogP contribution in [0.4, 0.5) is 4.39 Å². The SMILES string of the molecule is CC(C)n1nc(C(=O)N[C@@H]2C[C@H]3CC[C@@H](C2)N3)c2cc(F)ccc21. The van der Waals surface area contributed by atoms with Crippen LogP contribution in [0.15, 0.2) is 18.2 Å². The molecule has 0 radical (unpaired) electrons. The Hall–Kier alpha value is -1.95. The van der Waals surface area contributed by atoms with Gasteiger partial charge in [-0.3, -0.25) is 9.48 Å². The maximum absolute atomic E-state index is 13.7. The number of halogens is 1. The van der Waals surface area contributed by atoms with Crippen LogP contribution < -0.4 is 10.6 Å². The largest absolute Gasteiger partial charge is 0.348 e. The van der Waals surface area contributed by atoms with Gasteiger partial charge in [0.2, 0.25) is 0 Å². The van der Waals surface area contributed by atoms with E-state index in [1.54, 1.807) is 10.7 Å². The zero-order chi connectivity index (χ0) is 16.8. The number of aromatic nitrogens is 2. The first-order chi connectivity index (χ1) is 11.5. The minimum absolute atomic E-state index is 0.106. The van der Waals surface area contributed by atoms with Crippen LogP contribution in [-0.2, 0) is 0 Å². The van der Waals surface area contributed by atoms with Crippen molar-refractivity contribution in [2.75, 3.05) is 0 Å². The number of hydrogen-bond acceptors (Lipinski definition) is 3. The third kappa shape index (κ3) is 2.69. The quantitative estimate of drug-likeness (QED) is 0.910. The zero-order valence-corrected chi connectivity index (χ0v) is 14.1. The maximum Gasteiger partial charge on any atom is 0.272 e. The standard InChI is InChI=1S/C18H23FN4O/c1-10(2)23-16-6-3-11(19)7-15(16)17(22-23)18(24)21-14-8-12-4-5-13(9-14)20-12/h3,6-7,10,12-14,20H,4-5,8-9H2,1-2H3,(H,21,24)/t12-,13+,14-. The Balaban J connectivity index is 1.63. The Bertz CT molecular complexity index is 773. The molecule has 0 aliphatic carbocycles. The summed E-state index contributed by atoms with van der Waals surface area (Å²) in [4.78, 5) is 12.8. The summed E-state index contributed by atoms with van der Waals surface area (Å²) >= 11 is 0. The molecule has 2 aromatic rings. The zero-order valence-electron chi connectivity index (χ0n) is 14.1. The lowest BCUT2D eigenvalue weighted by atomic mass is 9.99. The van der Waals surface area contributed by atoms with Crippen molar-refractivity contribution in [3.8, 4) is 0 Å². The predicted molar refractivity (Wildman–Crippen MR) is 90.5 cm³/mol. The van der Waals surface area contributed by atoms with Gasteiger partial charge in [-0.05, 0) is 57.7 Å². The molecule has 1 aromatic heterocycles. The Morgan fingerprint density at radius 2 is 2.04 bits per heavy atom. The molecule has 3 atom stereocenters. The van der Waals surface area contributed by atoms with Crippen molar-refractivity contribution in [1.29, 1.82) is 0 Å². The average Bonchev–Trinajstić information content (AvgIpc) is 3.07. The van der Waals surface area contributed by atoms with E-state index in [1.165, 1.54) is 25.0 Å². The highest BCUT2D eigenvalue weighted by Crippen LogP contribution is 2.28. The van der Waals surface area contributed by atoms with Crippen LogP contribution >= 0.6 is 0 Å². The van der Waals surface area contributed by atoms with E-state index in [0.717, 1.165) is 18.4 Å². The van der Waals surface area contributed by atoms with Crippen molar-refractivity contribution >= 4 is 16.8 Å². The summed E-state index contributed by atoms with van der Waals surface area (Å²) in [5.74, 6) is -0.545. The van der Waals surface area contributed by atoms with Crippen LogP contribution in [0.1, 0.15) is 56.1 Å². The third-order valence-electron chi connectivity index (χ3n) is 5.18. The Labute approximate surface area is 140 Å². The van der Waals surface area contributed by atoms with E-state index in [1.807, 2.05) is 13.8 Å². The lowest BCUT2D eigenvalue weighted by Gasteiger charge is -2.29. The fourth-order valence-corrected chi connectivity index (χ4v) is 4.10. The van der Waals surface area contributed by atoms with Crippen molar-refractivity contribution in [2.45, 2.75) is 63.7 Å². The van der Waals surface area contributed by atoms with Gasteiger partial charge in [0.15, 0.2) is 5.69 Å². The normalized spacial score (nSPS) is 26.2. The van der Waals surface area contributed by atoms with Gasteiger partial charge in [-0.1, -0.05) is 0 Å². The average molecular weight is 330 g/mol. The van der Waals surface area contributed by atoms with Gasteiger partial charge in [-0.2, -0.15) is 5.10 Å². The second-order valence-electron chi connectivity index (χ2n) is 7.33. The molecule has 4 rings (SSSR count). The van der Waals surface area contributed by atoms with Crippen molar-refractivity contribution in [3.05, 3.63) is 29.7 Å². The maximum atomic E-state index is 13.7. The highest BCUT2D eigenvalue weighted by atomic mass is 19.1. The van der Waals surface area contributed by atoms with Gasteiger partial charge < -0.3 is 10.6 Å². The lowest BCUT2D eigenvalue weighted by Crippen LogP contribution is -2.48. The molecular weight excluding hydrogens is 307 g/mol. The van der Waals surface area contributed by atoms with E-state index >= 15 is 0 Å². The number of nitrogens with zero attached hydrogens (tertiary/aromatic N) is 2. The smallest absolute Gasteiger partial charge is 0.272 e. The fourth-order valence-electron chi connectivity index (χ4n) is 4.10. The number of hydrogen-bond donors (Lipinski definition) is 2. The second-order valence-corrected chi connectivity index (χ2v) is 7.33. The van der Waals surface area contributed by atoms with E-state index in [-0.39, 0.29) is 23.8 Å². The number of amides is 1. The first kappa shape index (κ1) is 15.6. The summed E-state index contributed by atoms with van der Waals surface area (Å²) in [5.41, 5.74) is 1.12. The van der Waals surface area contributed by atoms with Gasteiger partial charge in [-0.25, -0.2) is 4.39 Å². The third-order valence-corrected chi connectivity index (χ3v) is 5.18. The number of piperidine rings is 1. The molecule has 2 saturated heterocycles. The first-order valence-corrected chi connectivity index (χ1v) is 8.76. The minimum Gasteiger partial charge on any atom is -0.348 e. The molecule has 1 aromatic carbocycles. The minimum atomic E-state index is -0.347. The van der Waals surface area contributed by atoms with Crippen LogP contribution in [-0.4, -0.2) is 33.8 Å². The van der Waals surface area contributed by atoms with Crippen LogP contribution in [0.25, 0.3) is 10.9 Å². The predicted octanol–water partition coefficient (Wildman–Crippen LogP) is 2.77. The van der Waals surface area contributed by atoms with Gasteiger partial charge in [-0.15, -0.1) is 0 Å². The molecule has 1 amide bonds. The van der Waals surface area contributed by atoms with Gasteiger partial charge in [0.1, 0.15) is 5.82 Å². The molecule has 0 unspecified atom stereocenters. The monoisotopic (exact) mass is 330 g/mol. The Morgan fingerprint density at radius 1 is 1.33 bits per heavy atom. The van der Waals surface area contributed by atoms with Crippen molar-refractivity contribution in [3.63, 3.8) is 0 Å². The van der Waals surface area contributed by atoms with Gasteiger partial charge in [0.05, 0.1) is 5.52 Å². The molecule has 5 nitrogen and oxygen atoms in total. The number of carbonyl (C=O) groups is 1. The van der Waals surface area contributed by atoms with Crippen molar-refractivity contribution < 1.29 is 9.18 Å². The van der Waals surface area contributed by atoms with Crippen molar-refractivity contribution in [2.24, 2.45) is 0 Å². The molecule has 2 aliphatic heterocycles. The Morgan fingerprint density at radius 3 is 2.71 bits per heavy atom. The molecule has 3 heterocycles. The highest BCUT2D eigenvalue weighted by Gasteiger charge is 2.34. The van der Waals surface area contributed by atoms with E-state index in [2.05, 4.69) is 15.7 Å². The number of benzene rings is 1. The summed E-state index contributed by atoms with van der Waals surface area (Å²) in [6.07, 6.45) is 4.29. The topological polar surface area (TPSA) is 59.0 Å². The molecule has 2 N–H and O–H groups in total. The molecule has 0 spiro atoms. The van der Waals surface area contributed by atoms with Crippen molar-refractivity contribution in [1.82, 2.24) is 20.4 Å². The molecule has 2 bridgehead atoms. The first-order valence-electron chi connectivity index (χ1n) is 8.76. The number of nitrogens with one attached hydrogen (secondary N) is 2. The lowest BCUT2D eigenvalue weighted by molar-refractivity contribution is 0.0919. The number of rotatable bonds is 3. The summed E-state index contributed by atoms with van der Waals surface area (Å²) < 4.78 is 15.5. The molecule has 0 saturated carbocycles. The van der Waals surface area contributed by atoms with Gasteiger partial charge >= 0.3 is 0 Å². The molecule has 6 heteroatoms. The fraction of sp³-hybridized carbons (Fsp3) is 0.556. The number of carbonyl (C=O) groups excluding carboxylic acids is 1. The molecule has 24 heavy (non-hydrogen) atoms. The van der Waals surface area contributed by atoms with E-state index in [4.69, 9.17) is 0 Å². The highest BCUT2D eigenvalue weighted by molar-refractivity contribution is 6.05. The van der Waals surface area contributed by atoms with Crippen LogP contribution in [0.5, 0.6) is 0 Å². The summed E-state index contributed by atoms with van der Waals surface area (Å²) in [6, 6.07) is 5.81.